The van der Waals surface area contributed by atoms with Crippen molar-refractivity contribution >= 4 is 17.0 Å². The van der Waals surface area contributed by atoms with Crippen LogP contribution in [-0.4, -0.2) is 21.5 Å². The minimum absolute atomic E-state index is 0.475. The van der Waals surface area contributed by atoms with E-state index in [9.17, 15) is 0 Å². The highest BCUT2D eigenvalue weighted by molar-refractivity contribution is 5.78. The fourth-order valence-electron chi connectivity index (χ4n) is 1.32. The number of aryl methyl sites for hydroxylation is 1. The largest absolute Gasteiger partial charge is 0.380 e. The summed E-state index contributed by atoms with van der Waals surface area (Å²) in [4.78, 5) is 14.4. The summed E-state index contributed by atoms with van der Waals surface area (Å²) in [5, 5.41) is 0. The zero-order chi connectivity index (χ0) is 9.97. The number of imidazole rings is 1. The SMILES string of the molecule is NCCCc1nc(N)c2[nH]c[nH+]c2n1. The molecule has 0 unspecified atom stereocenters. The third kappa shape index (κ3) is 1.51. The van der Waals surface area contributed by atoms with Crippen LogP contribution < -0.4 is 16.5 Å². The average molecular weight is 193 g/mol. The van der Waals surface area contributed by atoms with Crippen LogP contribution in [0.3, 0.4) is 0 Å². The molecule has 0 amide bonds. The molecule has 0 aromatic carbocycles. The Kier molecular flexibility index (Phi) is 2.28. The first-order valence-electron chi connectivity index (χ1n) is 4.52. The predicted molar refractivity (Wildman–Crippen MR) is 52.2 cm³/mol. The predicted octanol–water partition coefficient (Wildman–Crippen LogP) is -0.755. The number of nitrogen functional groups attached to an aromatic ring is 1. The maximum atomic E-state index is 5.74. The lowest BCUT2D eigenvalue weighted by Crippen LogP contribution is -2.07. The van der Waals surface area contributed by atoms with E-state index in [1.165, 1.54) is 0 Å². The number of nitrogens with one attached hydrogen (secondary N) is 2. The summed E-state index contributed by atoms with van der Waals surface area (Å²) in [6.07, 6.45) is 3.31. The lowest BCUT2D eigenvalue weighted by atomic mass is 10.3. The summed E-state index contributed by atoms with van der Waals surface area (Å²) >= 11 is 0. The highest BCUT2D eigenvalue weighted by Gasteiger charge is 2.12. The van der Waals surface area contributed by atoms with Crippen LogP contribution in [0.15, 0.2) is 6.33 Å². The Morgan fingerprint density at radius 3 is 3.07 bits per heavy atom. The van der Waals surface area contributed by atoms with Gasteiger partial charge in [-0.2, -0.15) is 4.98 Å². The number of aromatic amines is 2. The molecule has 0 spiro atoms. The Labute approximate surface area is 80.8 Å². The van der Waals surface area contributed by atoms with E-state index in [1.54, 1.807) is 6.33 Å². The molecular formula is C8H13N6+. The van der Waals surface area contributed by atoms with Crippen molar-refractivity contribution in [2.24, 2.45) is 5.73 Å². The Balaban J connectivity index is 2.38. The number of rotatable bonds is 3. The van der Waals surface area contributed by atoms with Gasteiger partial charge in [-0.1, -0.05) is 4.98 Å². The molecule has 0 radical (unpaired) electrons. The molecule has 0 bridgehead atoms. The van der Waals surface area contributed by atoms with Crippen molar-refractivity contribution in [3.63, 3.8) is 0 Å². The fourth-order valence-corrected chi connectivity index (χ4v) is 1.32. The standard InChI is InChI=1S/C8H12N6/c9-3-1-2-5-13-7(10)6-8(14-5)12-4-11-6/h4H,1-3,9H2,(H3,10,11,12,13,14)/p+1. The van der Waals surface area contributed by atoms with Gasteiger partial charge in [0, 0.05) is 6.42 Å². The molecule has 6 heteroatoms. The molecule has 0 saturated heterocycles. The van der Waals surface area contributed by atoms with Gasteiger partial charge in [0.05, 0.1) is 0 Å². The first kappa shape index (κ1) is 8.89. The summed E-state index contributed by atoms with van der Waals surface area (Å²) in [6, 6.07) is 0. The molecule has 74 valence electrons. The molecular weight excluding hydrogens is 180 g/mol. The van der Waals surface area contributed by atoms with E-state index in [-0.39, 0.29) is 0 Å². The summed E-state index contributed by atoms with van der Waals surface area (Å²) in [7, 11) is 0. The molecule has 2 heterocycles. The molecule has 0 saturated carbocycles. The smallest absolute Gasteiger partial charge is 0.305 e. The maximum Gasteiger partial charge on any atom is 0.305 e. The molecule has 2 aromatic rings. The van der Waals surface area contributed by atoms with E-state index in [2.05, 4.69) is 19.9 Å². The van der Waals surface area contributed by atoms with E-state index in [1.807, 2.05) is 0 Å². The van der Waals surface area contributed by atoms with Crippen molar-refractivity contribution in [3.8, 4) is 0 Å². The molecule has 0 atom stereocenters. The van der Waals surface area contributed by atoms with Gasteiger partial charge in [0.25, 0.3) is 0 Å². The normalized spacial score (nSPS) is 10.9. The van der Waals surface area contributed by atoms with Crippen molar-refractivity contribution < 1.29 is 4.98 Å². The summed E-state index contributed by atoms with van der Waals surface area (Å²) < 4.78 is 0. The molecule has 14 heavy (non-hydrogen) atoms. The maximum absolute atomic E-state index is 5.74. The van der Waals surface area contributed by atoms with Gasteiger partial charge in [-0.05, 0) is 13.0 Å². The molecule has 0 aliphatic rings. The van der Waals surface area contributed by atoms with Crippen LogP contribution in [0.2, 0.25) is 0 Å². The average Bonchev–Trinajstić information content (AvgIpc) is 2.63. The van der Waals surface area contributed by atoms with Crippen molar-refractivity contribution in [2.45, 2.75) is 12.8 Å². The van der Waals surface area contributed by atoms with Gasteiger partial charge >= 0.3 is 5.65 Å². The topological polar surface area (TPSA) is 108 Å². The Bertz CT molecular complexity index is 434. The summed E-state index contributed by atoms with van der Waals surface area (Å²) in [6.45, 7) is 0.637. The third-order valence-corrected chi connectivity index (χ3v) is 2.01. The number of nitrogens with two attached hydrogens (primary N) is 2. The van der Waals surface area contributed by atoms with Gasteiger partial charge < -0.3 is 11.5 Å². The van der Waals surface area contributed by atoms with Crippen molar-refractivity contribution in [1.82, 2.24) is 15.0 Å². The Morgan fingerprint density at radius 1 is 1.43 bits per heavy atom. The van der Waals surface area contributed by atoms with Gasteiger partial charge in [-0.3, -0.25) is 4.98 Å². The molecule has 6 N–H and O–H groups in total. The Hall–Kier alpha value is -1.69. The van der Waals surface area contributed by atoms with Crippen LogP contribution in [-0.2, 0) is 6.42 Å². The second-order valence-corrected chi connectivity index (χ2v) is 3.07. The molecule has 0 fully saturated rings. The Morgan fingerprint density at radius 2 is 2.29 bits per heavy atom. The first-order valence-corrected chi connectivity index (χ1v) is 4.52. The number of hydrogen-bond donors (Lipinski definition) is 3. The second-order valence-electron chi connectivity index (χ2n) is 3.07. The van der Waals surface area contributed by atoms with Gasteiger partial charge in [-0.15, -0.1) is 0 Å². The fraction of sp³-hybridized carbons (Fsp3) is 0.375. The van der Waals surface area contributed by atoms with Gasteiger partial charge in [0.15, 0.2) is 12.1 Å². The highest BCUT2D eigenvalue weighted by atomic mass is 15.0. The van der Waals surface area contributed by atoms with E-state index in [4.69, 9.17) is 11.5 Å². The van der Waals surface area contributed by atoms with Crippen LogP contribution in [0, 0.1) is 0 Å². The van der Waals surface area contributed by atoms with Gasteiger partial charge in [0.1, 0.15) is 0 Å². The van der Waals surface area contributed by atoms with Crippen LogP contribution in [0.25, 0.3) is 11.2 Å². The van der Waals surface area contributed by atoms with Gasteiger partial charge in [-0.25, -0.2) is 4.98 Å². The van der Waals surface area contributed by atoms with Crippen molar-refractivity contribution in [1.29, 1.82) is 0 Å². The number of H-pyrrole nitrogens is 2. The van der Waals surface area contributed by atoms with Crippen LogP contribution >= 0.6 is 0 Å². The van der Waals surface area contributed by atoms with E-state index >= 15 is 0 Å². The lowest BCUT2D eigenvalue weighted by molar-refractivity contribution is -0.347. The quantitative estimate of drug-likeness (QED) is 0.595. The molecule has 0 aliphatic heterocycles. The number of nitrogens with zero attached hydrogens (tertiary/aromatic N) is 2. The zero-order valence-corrected chi connectivity index (χ0v) is 7.75. The van der Waals surface area contributed by atoms with Crippen LogP contribution in [0.5, 0.6) is 0 Å². The molecule has 2 rings (SSSR count). The summed E-state index contributed by atoms with van der Waals surface area (Å²) in [5.41, 5.74) is 12.6. The van der Waals surface area contributed by atoms with E-state index in [0.717, 1.165) is 29.8 Å². The van der Waals surface area contributed by atoms with Crippen molar-refractivity contribution in [2.75, 3.05) is 12.3 Å². The number of fused-ring (bicyclic) bond motifs is 1. The van der Waals surface area contributed by atoms with Crippen LogP contribution in [0.4, 0.5) is 5.82 Å². The van der Waals surface area contributed by atoms with E-state index in [0.29, 0.717) is 12.4 Å². The van der Waals surface area contributed by atoms with Crippen molar-refractivity contribution in [3.05, 3.63) is 12.2 Å². The summed E-state index contributed by atoms with van der Waals surface area (Å²) in [5.74, 6) is 1.21. The van der Waals surface area contributed by atoms with Gasteiger partial charge in [0.2, 0.25) is 11.3 Å². The number of aromatic nitrogens is 4. The second kappa shape index (κ2) is 3.59. The lowest BCUT2D eigenvalue weighted by Gasteiger charge is -1.95. The minimum atomic E-state index is 0.475. The first-order chi connectivity index (χ1) is 6.81. The van der Waals surface area contributed by atoms with Crippen LogP contribution in [0.1, 0.15) is 12.2 Å². The number of hydrogen-bond acceptors (Lipinski definition) is 4. The highest BCUT2D eigenvalue weighted by Crippen LogP contribution is 2.11. The zero-order valence-electron chi connectivity index (χ0n) is 7.75. The number of anilines is 1. The molecule has 0 aliphatic carbocycles. The molecule has 2 aromatic heterocycles. The van der Waals surface area contributed by atoms with E-state index < -0.39 is 0 Å². The minimum Gasteiger partial charge on any atom is -0.380 e. The third-order valence-electron chi connectivity index (χ3n) is 2.01. The molecule has 6 nitrogen and oxygen atoms in total. The monoisotopic (exact) mass is 193 g/mol.